The molecule has 2 rings (SSSR count). The second kappa shape index (κ2) is 14.7. The monoisotopic (exact) mass is 493 g/mol. The molecule has 202 valence electrons. The van der Waals surface area contributed by atoms with Gasteiger partial charge < -0.3 is 29.3 Å². The second-order valence-corrected chi connectivity index (χ2v) is 12.3. The van der Waals surface area contributed by atoms with E-state index in [1.165, 1.54) is 5.56 Å². The maximum atomic E-state index is 11.1. The Morgan fingerprint density at radius 3 is 2.34 bits per heavy atom. The van der Waals surface area contributed by atoms with Crippen molar-refractivity contribution in [1.29, 1.82) is 0 Å². The molecule has 35 heavy (non-hydrogen) atoms. The van der Waals surface area contributed by atoms with Crippen LogP contribution in [0.25, 0.3) is 0 Å². The summed E-state index contributed by atoms with van der Waals surface area (Å²) < 4.78 is 17.1. The lowest BCUT2D eigenvalue weighted by Crippen LogP contribution is -2.47. The largest absolute Gasteiger partial charge is 0.396 e. The van der Waals surface area contributed by atoms with E-state index in [1.54, 1.807) is 0 Å². The van der Waals surface area contributed by atoms with Crippen LogP contribution in [0.4, 0.5) is 0 Å². The van der Waals surface area contributed by atoms with Crippen LogP contribution >= 0.6 is 0 Å². The van der Waals surface area contributed by atoms with Gasteiger partial charge in [0.2, 0.25) is 0 Å². The van der Waals surface area contributed by atoms with Crippen molar-refractivity contribution in [2.45, 2.75) is 66.6 Å². The van der Waals surface area contributed by atoms with E-state index in [0.29, 0.717) is 26.4 Å². The molecule has 0 bridgehead atoms. The van der Waals surface area contributed by atoms with Gasteiger partial charge in [-0.15, -0.1) is 0 Å². The van der Waals surface area contributed by atoms with Crippen molar-refractivity contribution in [3.63, 3.8) is 0 Å². The summed E-state index contributed by atoms with van der Waals surface area (Å²) in [5.41, 5.74) is 1.39. The van der Waals surface area contributed by atoms with Gasteiger partial charge in [-0.05, 0) is 54.5 Å². The van der Waals surface area contributed by atoms with Crippen molar-refractivity contribution in [2.24, 2.45) is 28.6 Å². The third kappa shape index (κ3) is 11.3. The fraction of sp³-hybridized carbons (Fsp3) is 0.793. The number of aliphatic hydroxyl groups excluding tert-OH is 2. The highest BCUT2D eigenvalue weighted by Gasteiger charge is 2.41. The topological polar surface area (TPSA) is 71.4 Å². The first kappa shape index (κ1) is 30.2. The summed E-state index contributed by atoms with van der Waals surface area (Å²) >= 11 is 0. The number of nitrogens with zero attached hydrogens (tertiary/aromatic N) is 1. The number of benzene rings is 1. The zero-order chi connectivity index (χ0) is 25.9. The summed E-state index contributed by atoms with van der Waals surface area (Å²) in [6, 6.07) is 10.2. The molecule has 0 unspecified atom stereocenters. The summed E-state index contributed by atoms with van der Waals surface area (Å²) in [4.78, 5) is 2.28. The molecule has 0 aromatic heterocycles. The fourth-order valence-electron chi connectivity index (χ4n) is 5.26. The Morgan fingerprint density at radius 2 is 1.69 bits per heavy atom. The van der Waals surface area contributed by atoms with E-state index >= 15 is 0 Å². The molecule has 6 nitrogen and oxygen atoms in total. The number of hydrogen-bond donors (Lipinski definition) is 2. The van der Waals surface area contributed by atoms with Gasteiger partial charge in [0.1, 0.15) is 6.79 Å². The first-order valence-electron chi connectivity index (χ1n) is 13.3. The van der Waals surface area contributed by atoms with Crippen molar-refractivity contribution in [3.05, 3.63) is 35.9 Å². The highest BCUT2D eigenvalue weighted by Crippen LogP contribution is 2.42. The SMILES string of the molecule is CN(C[C@@H]1CC(C)(C)C[C@H](COCOCCCOCc2ccccc2)[C@@H]1O)C[C@H](CO)C(C)(C)C. The minimum absolute atomic E-state index is 0.0534. The quantitative estimate of drug-likeness (QED) is 0.275. The molecule has 1 aromatic rings. The van der Waals surface area contributed by atoms with Crippen LogP contribution in [-0.4, -0.2) is 74.6 Å². The fourth-order valence-corrected chi connectivity index (χ4v) is 5.26. The lowest BCUT2D eigenvalue weighted by Gasteiger charge is -2.45. The van der Waals surface area contributed by atoms with Crippen molar-refractivity contribution in [3.8, 4) is 0 Å². The van der Waals surface area contributed by atoms with Crippen molar-refractivity contribution >= 4 is 0 Å². The first-order chi connectivity index (χ1) is 16.5. The number of aliphatic hydroxyl groups is 2. The van der Waals surface area contributed by atoms with Gasteiger partial charge in [0.05, 0.1) is 25.9 Å². The molecular formula is C29H51NO5. The number of ether oxygens (including phenoxy) is 3. The van der Waals surface area contributed by atoms with E-state index < -0.39 is 0 Å². The highest BCUT2D eigenvalue weighted by atomic mass is 16.7. The van der Waals surface area contributed by atoms with Gasteiger partial charge in [0.25, 0.3) is 0 Å². The van der Waals surface area contributed by atoms with Gasteiger partial charge in [0.15, 0.2) is 0 Å². The molecule has 1 aliphatic rings. The molecule has 0 aliphatic heterocycles. The van der Waals surface area contributed by atoms with E-state index in [-0.39, 0.29) is 48.1 Å². The van der Waals surface area contributed by atoms with Gasteiger partial charge in [-0.1, -0.05) is 65.0 Å². The van der Waals surface area contributed by atoms with E-state index in [4.69, 9.17) is 14.2 Å². The molecule has 6 heteroatoms. The molecule has 1 fully saturated rings. The lowest BCUT2D eigenvalue weighted by atomic mass is 9.66. The molecule has 0 spiro atoms. The van der Waals surface area contributed by atoms with Crippen molar-refractivity contribution < 1.29 is 24.4 Å². The van der Waals surface area contributed by atoms with E-state index in [9.17, 15) is 10.2 Å². The van der Waals surface area contributed by atoms with Gasteiger partial charge >= 0.3 is 0 Å². The van der Waals surface area contributed by atoms with Gasteiger partial charge in [-0.3, -0.25) is 0 Å². The van der Waals surface area contributed by atoms with Crippen LogP contribution in [0.15, 0.2) is 30.3 Å². The Hall–Kier alpha value is -1.02. The maximum absolute atomic E-state index is 11.1. The molecule has 0 saturated heterocycles. The predicted octanol–water partition coefficient (Wildman–Crippen LogP) is 4.58. The third-order valence-corrected chi connectivity index (χ3v) is 7.31. The highest BCUT2D eigenvalue weighted by molar-refractivity contribution is 5.13. The minimum Gasteiger partial charge on any atom is -0.396 e. The molecule has 1 aromatic carbocycles. The van der Waals surface area contributed by atoms with E-state index in [2.05, 4.69) is 58.7 Å². The molecule has 2 N–H and O–H groups in total. The molecule has 1 aliphatic carbocycles. The molecule has 0 heterocycles. The van der Waals surface area contributed by atoms with Crippen LogP contribution in [-0.2, 0) is 20.8 Å². The van der Waals surface area contributed by atoms with Crippen LogP contribution in [0.1, 0.15) is 59.4 Å². The molecular weight excluding hydrogens is 442 g/mol. The maximum Gasteiger partial charge on any atom is 0.146 e. The van der Waals surface area contributed by atoms with Crippen molar-refractivity contribution in [1.82, 2.24) is 4.90 Å². The smallest absolute Gasteiger partial charge is 0.146 e. The van der Waals surface area contributed by atoms with Crippen LogP contribution < -0.4 is 0 Å². The first-order valence-corrected chi connectivity index (χ1v) is 13.3. The van der Waals surface area contributed by atoms with Crippen molar-refractivity contribution in [2.75, 3.05) is 53.4 Å². The van der Waals surface area contributed by atoms with Crippen LogP contribution in [0.5, 0.6) is 0 Å². The normalized spacial score (nSPS) is 23.5. The summed E-state index contributed by atoms with van der Waals surface area (Å²) in [6.45, 7) is 15.6. The van der Waals surface area contributed by atoms with Gasteiger partial charge in [0, 0.05) is 32.2 Å². The van der Waals surface area contributed by atoms with E-state index in [0.717, 1.165) is 32.4 Å². The predicted molar refractivity (Wildman–Crippen MR) is 141 cm³/mol. The van der Waals surface area contributed by atoms with Crippen LogP contribution in [0.2, 0.25) is 0 Å². The molecule has 1 saturated carbocycles. The number of rotatable bonds is 15. The Kier molecular flexibility index (Phi) is 12.6. The summed E-state index contributed by atoms with van der Waals surface area (Å²) in [6.07, 6.45) is 2.38. The van der Waals surface area contributed by atoms with Gasteiger partial charge in [-0.2, -0.15) is 0 Å². The van der Waals surface area contributed by atoms with Gasteiger partial charge in [-0.25, -0.2) is 0 Å². The molecule has 4 atom stereocenters. The Labute approximate surface area is 214 Å². The zero-order valence-electron chi connectivity index (χ0n) is 23.0. The Bertz CT molecular complexity index is 690. The summed E-state index contributed by atoms with van der Waals surface area (Å²) in [7, 11) is 2.10. The minimum atomic E-state index is -0.390. The standard InChI is InChI=1S/C29H51NO5/c1-28(2,3)26(19-31)18-30(6)17-24-15-29(4,5)16-25(27(24)32)21-35-22-34-14-10-13-33-20-23-11-8-7-9-12-23/h7-9,11-12,24-27,31-32H,10,13-22H2,1-6H3/t24-,25+,26+,27+/m0/s1. The summed E-state index contributed by atoms with van der Waals surface area (Å²) in [5, 5.41) is 21.0. The molecule has 0 amide bonds. The van der Waals surface area contributed by atoms with Crippen LogP contribution in [0.3, 0.4) is 0 Å². The zero-order valence-corrected chi connectivity index (χ0v) is 23.0. The Morgan fingerprint density at radius 1 is 1.03 bits per heavy atom. The molecule has 0 radical (unpaired) electrons. The number of hydrogen-bond acceptors (Lipinski definition) is 6. The Balaban J connectivity index is 1.67. The average molecular weight is 494 g/mol. The average Bonchev–Trinajstić information content (AvgIpc) is 2.78. The third-order valence-electron chi connectivity index (χ3n) is 7.31. The van der Waals surface area contributed by atoms with E-state index in [1.807, 2.05) is 18.2 Å². The summed E-state index contributed by atoms with van der Waals surface area (Å²) in [5.74, 6) is 0.506. The second-order valence-electron chi connectivity index (χ2n) is 12.3. The van der Waals surface area contributed by atoms with Crippen LogP contribution in [0, 0.1) is 28.6 Å². The lowest BCUT2D eigenvalue weighted by molar-refractivity contribution is -0.111.